The van der Waals surface area contributed by atoms with Gasteiger partial charge in [-0.05, 0) is 36.2 Å². The third-order valence-corrected chi connectivity index (χ3v) is 6.52. The van der Waals surface area contributed by atoms with Gasteiger partial charge in [0.2, 0.25) is 5.91 Å². The molecule has 7 heteroatoms. The standard InChI is InChI=1S/C18H20N2O3S2/c1-3-13-6-4-5-7-15(13)20-25(22,23)14-8-9-17-16(11-14)19-18(21)10-12(2)24-17/h4-9,11-12,20H,3,10H2,1-2H3,(H,19,21)/t12-/m0/s1. The summed E-state index contributed by atoms with van der Waals surface area (Å²) >= 11 is 1.57. The Balaban J connectivity index is 1.94. The van der Waals surface area contributed by atoms with E-state index in [1.807, 2.05) is 26.0 Å². The van der Waals surface area contributed by atoms with Gasteiger partial charge in [-0.1, -0.05) is 32.0 Å². The molecule has 1 heterocycles. The summed E-state index contributed by atoms with van der Waals surface area (Å²) in [5, 5.41) is 2.95. The normalized spacial score (nSPS) is 17.4. The minimum Gasteiger partial charge on any atom is -0.325 e. The van der Waals surface area contributed by atoms with Crippen molar-refractivity contribution in [2.45, 2.75) is 41.7 Å². The van der Waals surface area contributed by atoms with Gasteiger partial charge in [-0.2, -0.15) is 0 Å². The molecule has 0 saturated heterocycles. The number of anilines is 2. The van der Waals surface area contributed by atoms with Crippen molar-refractivity contribution >= 4 is 39.1 Å². The Morgan fingerprint density at radius 2 is 2.00 bits per heavy atom. The minimum atomic E-state index is -3.73. The van der Waals surface area contributed by atoms with Crippen LogP contribution in [0.3, 0.4) is 0 Å². The smallest absolute Gasteiger partial charge is 0.261 e. The van der Waals surface area contributed by atoms with Crippen molar-refractivity contribution in [2.75, 3.05) is 10.0 Å². The maximum Gasteiger partial charge on any atom is 0.261 e. The monoisotopic (exact) mass is 376 g/mol. The van der Waals surface area contributed by atoms with Gasteiger partial charge >= 0.3 is 0 Å². The molecule has 25 heavy (non-hydrogen) atoms. The SMILES string of the molecule is CCc1ccccc1NS(=O)(=O)c1ccc2c(c1)NC(=O)C[C@H](C)S2. The van der Waals surface area contributed by atoms with Crippen molar-refractivity contribution in [3.63, 3.8) is 0 Å². The van der Waals surface area contributed by atoms with Gasteiger partial charge in [0.05, 0.1) is 16.3 Å². The molecule has 3 rings (SSSR count). The summed E-state index contributed by atoms with van der Waals surface area (Å²) < 4.78 is 28.2. The van der Waals surface area contributed by atoms with Crippen LogP contribution in [-0.2, 0) is 21.2 Å². The first kappa shape index (κ1) is 17.8. The summed E-state index contributed by atoms with van der Waals surface area (Å²) in [5.41, 5.74) is 2.05. The molecule has 5 nitrogen and oxygen atoms in total. The van der Waals surface area contributed by atoms with E-state index in [2.05, 4.69) is 10.0 Å². The van der Waals surface area contributed by atoms with Crippen LogP contribution in [0.1, 0.15) is 25.8 Å². The second kappa shape index (κ2) is 7.09. The predicted molar refractivity (Wildman–Crippen MR) is 102 cm³/mol. The Morgan fingerprint density at radius 1 is 1.24 bits per heavy atom. The molecule has 1 aliphatic rings. The number of sulfonamides is 1. The highest BCUT2D eigenvalue weighted by molar-refractivity contribution is 8.00. The minimum absolute atomic E-state index is 0.0995. The van der Waals surface area contributed by atoms with Crippen molar-refractivity contribution in [3.05, 3.63) is 48.0 Å². The van der Waals surface area contributed by atoms with Gasteiger partial charge in [-0.15, -0.1) is 11.8 Å². The molecule has 132 valence electrons. The molecule has 0 unspecified atom stereocenters. The summed E-state index contributed by atoms with van der Waals surface area (Å²) in [6.07, 6.45) is 1.14. The molecule has 0 radical (unpaired) electrons. The second-order valence-corrected chi connectivity index (χ2v) is 9.12. The van der Waals surface area contributed by atoms with Gasteiger partial charge in [0.1, 0.15) is 0 Å². The fourth-order valence-electron chi connectivity index (χ4n) is 2.73. The van der Waals surface area contributed by atoms with E-state index in [0.717, 1.165) is 16.9 Å². The lowest BCUT2D eigenvalue weighted by Gasteiger charge is -2.13. The average molecular weight is 377 g/mol. The van der Waals surface area contributed by atoms with Crippen LogP contribution < -0.4 is 10.0 Å². The van der Waals surface area contributed by atoms with E-state index in [0.29, 0.717) is 17.8 Å². The molecule has 2 aromatic rings. The Hall–Kier alpha value is -1.99. The maximum atomic E-state index is 12.8. The number of hydrogen-bond donors (Lipinski definition) is 2. The largest absolute Gasteiger partial charge is 0.325 e. The average Bonchev–Trinajstić information content (AvgIpc) is 2.70. The number of nitrogens with one attached hydrogen (secondary N) is 2. The fraction of sp³-hybridized carbons (Fsp3) is 0.278. The van der Waals surface area contributed by atoms with Crippen LogP contribution in [0.15, 0.2) is 52.3 Å². The lowest BCUT2D eigenvalue weighted by atomic mass is 10.1. The van der Waals surface area contributed by atoms with E-state index in [1.165, 1.54) is 6.07 Å². The predicted octanol–water partition coefficient (Wildman–Crippen LogP) is 3.87. The fourth-order valence-corrected chi connectivity index (χ4v) is 4.91. The Bertz CT molecular complexity index is 910. The van der Waals surface area contributed by atoms with E-state index in [1.54, 1.807) is 36.0 Å². The van der Waals surface area contributed by atoms with Crippen molar-refractivity contribution in [1.82, 2.24) is 0 Å². The highest BCUT2D eigenvalue weighted by Crippen LogP contribution is 2.36. The summed E-state index contributed by atoms with van der Waals surface area (Å²) in [6.45, 7) is 3.96. The van der Waals surface area contributed by atoms with Crippen LogP contribution in [0.4, 0.5) is 11.4 Å². The van der Waals surface area contributed by atoms with Gasteiger partial charge in [-0.25, -0.2) is 8.42 Å². The molecule has 0 bridgehead atoms. The van der Waals surface area contributed by atoms with E-state index in [4.69, 9.17) is 0 Å². The third-order valence-electron chi connectivity index (χ3n) is 3.98. The van der Waals surface area contributed by atoms with Crippen LogP contribution in [-0.4, -0.2) is 19.6 Å². The lowest BCUT2D eigenvalue weighted by molar-refractivity contribution is -0.116. The number of carbonyl (C=O) groups excluding carboxylic acids is 1. The van der Waals surface area contributed by atoms with Crippen LogP contribution in [0.5, 0.6) is 0 Å². The summed E-state index contributed by atoms with van der Waals surface area (Å²) in [6, 6.07) is 12.2. The van der Waals surface area contributed by atoms with Gasteiger partial charge in [-0.3, -0.25) is 9.52 Å². The zero-order valence-electron chi connectivity index (χ0n) is 14.1. The molecule has 2 aromatic carbocycles. The second-order valence-electron chi connectivity index (χ2n) is 5.95. The number of benzene rings is 2. The molecule has 1 amide bonds. The summed E-state index contributed by atoms with van der Waals surface area (Å²) in [7, 11) is -3.73. The molecule has 1 atom stereocenters. The van der Waals surface area contributed by atoms with E-state index < -0.39 is 10.0 Å². The number of amides is 1. The van der Waals surface area contributed by atoms with Gasteiger partial charge in [0.15, 0.2) is 0 Å². The van der Waals surface area contributed by atoms with Crippen molar-refractivity contribution in [2.24, 2.45) is 0 Å². The summed E-state index contributed by atoms with van der Waals surface area (Å²) in [5.74, 6) is -0.0995. The molecule has 0 aromatic heterocycles. The summed E-state index contributed by atoms with van der Waals surface area (Å²) in [4.78, 5) is 12.9. The van der Waals surface area contributed by atoms with Crippen LogP contribution in [0.2, 0.25) is 0 Å². The highest BCUT2D eigenvalue weighted by Gasteiger charge is 2.22. The van der Waals surface area contributed by atoms with Crippen molar-refractivity contribution < 1.29 is 13.2 Å². The highest BCUT2D eigenvalue weighted by atomic mass is 32.2. The third kappa shape index (κ3) is 3.99. The number of thioether (sulfide) groups is 1. The van der Waals surface area contributed by atoms with Crippen LogP contribution >= 0.6 is 11.8 Å². The first-order chi connectivity index (χ1) is 11.9. The lowest BCUT2D eigenvalue weighted by Crippen LogP contribution is -2.16. The van der Waals surface area contributed by atoms with Crippen molar-refractivity contribution in [3.8, 4) is 0 Å². The van der Waals surface area contributed by atoms with E-state index in [9.17, 15) is 13.2 Å². The number of para-hydroxylation sites is 1. The zero-order valence-corrected chi connectivity index (χ0v) is 15.7. The topological polar surface area (TPSA) is 75.3 Å². The van der Waals surface area contributed by atoms with Crippen molar-refractivity contribution in [1.29, 1.82) is 0 Å². The number of aryl methyl sites for hydroxylation is 1. The molecular weight excluding hydrogens is 356 g/mol. The Morgan fingerprint density at radius 3 is 2.76 bits per heavy atom. The number of fused-ring (bicyclic) bond motifs is 1. The van der Waals surface area contributed by atoms with Gasteiger partial charge in [0, 0.05) is 16.6 Å². The number of carbonyl (C=O) groups is 1. The van der Waals surface area contributed by atoms with Crippen LogP contribution in [0.25, 0.3) is 0 Å². The Kier molecular flexibility index (Phi) is 5.06. The maximum absolute atomic E-state index is 12.8. The molecule has 1 aliphatic heterocycles. The molecular formula is C18H20N2O3S2. The zero-order chi connectivity index (χ0) is 18.0. The molecule has 0 saturated carbocycles. The first-order valence-corrected chi connectivity index (χ1v) is 10.5. The van der Waals surface area contributed by atoms with Gasteiger partial charge in [0.25, 0.3) is 10.0 Å². The first-order valence-electron chi connectivity index (χ1n) is 8.10. The molecule has 0 aliphatic carbocycles. The van der Waals surface area contributed by atoms with E-state index in [-0.39, 0.29) is 16.1 Å². The number of rotatable bonds is 4. The molecule has 0 fully saturated rings. The van der Waals surface area contributed by atoms with Crippen LogP contribution in [0, 0.1) is 0 Å². The Labute approximate surface area is 152 Å². The van der Waals surface area contributed by atoms with E-state index >= 15 is 0 Å². The quantitative estimate of drug-likeness (QED) is 0.849. The van der Waals surface area contributed by atoms with Gasteiger partial charge < -0.3 is 5.32 Å². The molecule has 2 N–H and O–H groups in total. The number of hydrogen-bond acceptors (Lipinski definition) is 4. The molecule has 0 spiro atoms.